The van der Waals surface area contributed by atoms with Crippen molar-refractivity contribution in [3.8, 4) is 0 Å². The van der Waals surface area contributed by atoms with Crippen LogP contribution in [0.4, 0.5) is 0 Å². The topological polar surface area (TPSA) is 108 Å². The van der Waals surface area contributed by atoms with Gasteiger partial charge in [-0.2, -0.15) is 0 Å². The van der Waals surface area contributed by atoms with Crippen LogP contribution in [-0.2, 0) is 32.7 Å². The summed E-state index contributed by atoms with van der Waals surface area (Å²) in [6.07, 6.45) is 79.0. The minimum atomic E-state index is -4.38. The van der Waals surface area contributed by atoms with Crippen LogP contribution in [0.3, 0.4) is 0 Å². The van der Waals surface area contributed by atoms with E-state index in [4.69, 9.17) is 18.5 Å². The molecule has 10 heteroatoms. The quantitative estimate of drug-likeness (QED) is 0.0211. The van der Waals surface area contributed by atoms with Gasteiger partial charge in [0.05, 0.1) is 27.7 Å². The largest absolute Gasteiger partial charge is 0.472 e. The highest BCUT2D eigenvalue weighted by molar-refractivity contribution is 7.47. The summed E-state index contributed by atoms with van der Waals surface area (Å²) in [6.45, 7) is 4.37. The molecule has 0 aromatic heterocycles. The maximum Gasteiger partial charge on any atom is 0.472 e. The number of nitrogens with zero attached hydrogens (tertiary/aromatic N) is 1. The fourth-order valence-corrected chi connectivity index (χ4v) is 10.4. The van der Waals surface area contributed by atoms with E-state index in [1.165, 1.54) is 218 Å². The van der Waals surface area contributed by atoms with Crippen LogP contribution in [0.5, 0.6) is 0 Å². The molecule has 2 unspecified atom stereocenters. The van der Waals surface area contributed by atoms with Gasteiger partial charge in [-0.25, -0.2) is 4.57 Å². The Bertz CT molecular complexity index is 1520. The lowest BCUT2D eigenvalue weighted by atomic mass is 10.0. The average Bonchev–Trinajstić information content (AvgIpc) is 3.41. The van der Waals surface area contributed by atoms with Crippen molar-refractivity contribution in [1.82, 2.24) is 0 Å². The Labute approximate surface area is 489 Å². The molecule has 0 aliphatic rings. The number of phosphoric acid groups is 1. The minimum absolute atomic E-state index is 0.0344. The van der Waals surface area contributed by atoms with Crippen molar-refractivity contribution in [2.45, 2.75) is 322 Å². The van der Waals surface area contributed by atoms with Crippen molar-refractivity contribution in [3.05, 3.63) is 60.8 Å². The molecular formula is C69H129NO8P+. The van der Waals surface area contributed by atoms with Gasteiger partial charge in [0.1, 0.15) is 19.8 Å². The molecule has 2 atom stereocenters. The van der Waals surface area contributed by atoms with Gasteiger partial charge in [-0.05, 0) is 57.8 Å². The number of esters is 2. The maximum absolute atomic E-state index is 12.8. The lowest BCUT2D eigenvalue weighted by molar-refractivity contribution is -0.870. The van der Waals surface area contributed by atoms with E-state index in [1.54, 1.807) is 0 Å². The number of likely N-dealkylation sites (N-methyl/N-ethyl adjacent to an activating group) is 1. The number of unbranched alkanes of at least 4 members (excludes halogenated alkanes) is 38. The standard InChI is InChI=1S/C69H128NO8P/c1-6-8-10-12-14-16-18-20-22-24-25-26-27-28-29-30-31-32-33-34-35-36-37-38-39-40-41-42-43-44-45-46-48-50-52-54-56-58-60-62-69(72)78-67(66-77-79(73,74)76-64-63-70(3,4)5)65-75-68(71)61-59-57-55-53-51-49-47-23-21-19-17-15-13-11-9-7-2/h8,10,14,16,20,22,25-26,28-29,67H,6-7,9,11-13,15,17-19,21,23-24,27,30-66H2,1-5H3/p+1/b10-8-,16-14-,22-20-,26-25-,29-28-. The van der Waals surface area contributed by atoms with Gasteiger partial charge in [0.2, 0.25) is 0 Å². The van der Waals surface area contributed by atoms with Gasteiger partial charge in [-0.15, -0.1) is 0 Å². The molecular weight excluding hydrogens is 1000 g/mol. The van der Waals surface area contributed by atoms with E-state index >= 15 is 0 Å². The van der Waals surface area contributed by atoms with Crippen LogP contribution in [0.15, 0.2) is 60.8 Å². The van der Waals surface area contributed by atoms with Gasteiger partial charge in [-0.1, -0.05) is 306 Å². The predicted molar refractivity (Wildman–Crippen MR) is 340 cm³/mol. The van der Waals surface area contributed by atoms with Crippen molar-refractivity contribution in [1.29, 1.82) is 0 Å². The summed E-state index contributed by atoms with van der Waals surface area (Å²) in [4.78, 5) is 35.7. The van der Waals surface area contributed by atoms with E-state index in [2.05, 4.69) is 74.6 Å². The zero-order valence-electron chi connectivity index (χ0n) is 52.6. The molecule has 1 N–H and O–H groups in total. The van der Waals surface area contributed by atoms with Gasteiger partial charge < -0.3 is 18.9 Å². The molecule has 0 rings (SSSR count). The fourth-order valence-electron chi connectivity index (χ4n) is 9.69. The Hall–Kier alpha value is -2.29. The molecule has 0 amide bonds. The van der Waals surface area contributed by atoms with Gasteiger partial charge in [-0.3, -0.25) is 18.6 Å². The number of hydrogen-bond acceptors (Lipinski definition) is 7. The maximum atomic E-state index is 12.8. The van der Waals surface area contributed by atoms with Crippen molar-refractivity contribution >= 4 is 19.8 Å². The monoisotopic (exact) mass is 1130 g/mol. The van der Waals surface area contributed by atoms with Crippen molar-refractivity contribution in [2.24, 2.45) is 0 Å². The molecule has 462 valence electrons. The SMILES string of the molecule is CC/C=C\C/C=C\C/C=C\C/C=C\C/C=C\CCCCCCCCCCCCCCCCCCCCCCCCCC(=O)OC(COC(=O)CCCCCCCCCCCCCCCCCC)COP(=O)(O)OCC[N+](C)(C)C. The smallest absolute Gasteiger partial charge is 0.462 e. The number of carbonyl (C=O) groups excluding carboxylic acids is 2. The molecule has 0 aliphatic heterocycles. The van der Waals surface area contributed by atoms with Crippen molar-refractivity contribution < 1.29 is 42.1 Å². The third kappa shape index (κ3) is 64.7. The molecule has 0 spiro atoms. The fraction of sp³-hybridized carbons (Fsp3) is 0.826. The summed E-state index contributed by atoms with van der Waals surface area (Å²) < 4.78 is 34.6. The van der Waals surface area contributed by atoms with Gasteiger partial charge in [0.15, 0.2) is 6.10 Å². The Kier molecular flexibility index (Phi) is 58.6. The lowest BCUT2D eigenvalue weighted by Gasteiger charge is -2.24. The van der Waals surface area contributed by atoms with Crippen molar-refractivity contribution in [3.63, 3.8) is 0 Å². The van der Waals surface area contributed by atoms with Gasteiger partial charge in [0, 0.05) is 12.8 Å². The molecule has 0 saturated heterocycles. The molecule has 0 heterocycles. The average molecular weight is 1130 g/mol. The Balaban J connectivity index is 3.91. The molecule has 0 fully saturated rings. The van der Waals surface area contributed by atoms with E-state index in [-0.39, 0.29) is 25.6 Å². The molecule has 0 radical (unpaired) electrons. The lowest BCUT2D eigenvalue weighted by Crippen LogP contribution is -2.37. The second-order valence-corrected chi connectivity index (χ2v) is 25.3. The number of rotatable bonds is 62. The summed E-state index contributed by atoms with van der Waals surface area (Å²) in [6, 6.07) is 0. The Morgan fingerprint density at radius 2 is 0.722 bits per heavy atom. The van der Waals surface area contributed by atoms with E-state index in [0.717, 1.165) is 64.2 Å². The first kappa shape index (κ1) is 76.7. The highest BCUT2D eigenvalue weighted by atomic mass is 31.2. The highest BCUT2D eigenvalue weighted by Crippen LogP contribution is 2.43. The zero-order chi connectivity index (χ0) is 57.7. The highest BCUT2D eigenvalue weighted by Gasteiger charge is 2.27. The molecule has 9 nitrogen and oxygen atoms in total. The molecule has 0 aromatic rings. The van der Waals surface area contributed by atoms with Crippen LogP contribution in [0.1, 0.15) is 316 Å². The van der Waals surface area contributed by atoms with E-state index in [1.807, 2.05) is 21.1 Å². The number of carbonyl (C=O) groups is 2. The molecule has 0 aliphatic carbocycles. The summed E-state index contributed by atoms with van der Waals surface area (Å²) in [5, 5.41) is 0. The van der Waals surface area contributed by atoms with E-state index in [0.29, 0.717) is 23.9 Å². The Morgan fingerprint density at radius 3 is 1.08 bits per heavy atom. The van der Waals surface area contributed by atoms with Crippen LogP contribution in [-0.4, -0.2) is 74.9 Å². The van der Waals surface area contributed by atoms with E-state index < -0.39 is 26.5 Å². The first-order valence-electron chi connectivity index (χ1n) is 33.5. The van der Waals surface area contributed by atoms with E-state index in [9.17, 15) is 19.0 Å². The second kappa shape index (κ2) is 60.3. The molecule has 0 saturated carbocycles. The first-order valence-corrected chi connectivity index (χ1v) is 35.0. The summed E-state index contributed by atoms with van der Waals surface area (Å²) in [7, 11) is 1.49. The van der Waals surface area contributed by atoms with Crippen LogP contribution >= 0.6 is 7.82 Å². The third-order valence-corrected chi connectivity index (χ3v) is 15.8. The van der Waals surface area contributed by atoms with Crippen LogP contribution in [0.2, 0.25) is 0 Å². The number of phosphoric ester groups is 1. The molecule has 0 bridgehead atoms. The summed E-state index contributed by atoms with van der Waals surface area (Å²) in [5.74, 6) is -0.779. The number of hydrogen-bond donors (Lipinski definition) is 1. The molecule has 79 heavy (non-hydrogen) atoms. The van der Waals surface area contributed by atoms with Gasteiger partial charge in [0.25, 0.3) is 0 Å². The number of ether oxygens (including phenoxy) is 2. The predicted octanol–water partition coefficient (Wildman–Crippen LogP) is 21.4. The first-order chi connectivity index (χ1) is 38.5. The number of allylic oxidation sites excluding steroid dienone is 10. The third-order valence-electron chi connectivity index (χ3n) is 14.8. The second-order valence-electron chi connectivity index (χ2n) is 23.8. The number of quaternary nitrogens is 1. The normalized spacial score (nSPS) is 13.5. The van der Waals surface area contributed by atoms with Crippen LogP contribution in [0, 0.1) is 0 Å². The van der Waals surface area contributed by atoms with Crippen LogP contribution < -0.4 is 0 Å². The summed E-state index contributed by atoms with van der Waals surface area (Å²) in [5.41, 5.74) is 0. The van der Waals surface area contributed by atoms with Crippen molar-refractivity contribution in [2.75, 3.05) is 47.5 Å². The van der Waals surface area contributed by atoms with Crippen LogP contribution in [0.25, 0.3) is 0 Å². The van der Waals surface area contributed by atoms with Gasteiger partial charge >= 0.3 is 19.8 Å². The Morgan fingerprint density at radius 1 is 0.405 bits per heavy atom. The summed E-state index contributed by atoms with van der Waals surface area (Å²) >= 11 is 0. The zero-order valence-corrected chi connectivity index (χ0v) is 53.5. The molecule has 0 aromatic carbocycles. The minimum Gasteiger partial charge on any atom is -0.462 e.